The van der Waals surface area contributed by atoms with Gasteiger partial charge in [0, 0.05) is 29.6 Å². The number of nitro groups is 1. The molecule has 0 atom stereocenters. The van der Waals surface area contributed by atoms with Crippen molar-refractivity contribution in [3.8, 4) is 22.3 Å². The lowest BCUT2D eigenvalue weighted by Gasteiger charge is -2.07. The fraction of sp³-hybridized carbons (Fsp3) is 0. The van der Waals surface area contributed by atoms with Crippen LogP contribution in [0.3, 0.4) is 0 Å². The fourth-order valence-corrected chi connectivity index (χ4v) is 3.75. The maximum Gasteiger partial charge on any atom is 0.271 e. The van der Waals surface area contributed by atoms with E-state index in [0.29, 0.717) is 11.4 Å². The first-order valence-electron chi connectivity index (χ1n) is 9.40. The smallest absolute Gasteiger partial charge is 0.271 e. The number of non-ortho nitro benzene ring substituents is 1. The van der Waals surface area contributed by atoms with E-state index < -0.39 is 16.6 Å². The highest BCUT2D eigenvalue weighted by Gasteiger charge is 2.16. The Bertz CT molecular complexity index is 1440. The minimum atomic E-state index is -0.722. The molecule has 0 bridgehead atoms. The van der Waals surface area contributed by atoms with Crippen LogP contribution in [0.1, 0.15) is 5.69 Å². The monoisotopic (exact) mass is 460 g/mol. The largest absolute Gasteiger partial charge is 0.317 e. The number of anilines is 1. The van der Waals surface area contributed by atoms with Gasteiger partial charge in [0.2, 0.25) is 5.13 Å². The fourth-order valence-electron chi connectivity index (χ4n) is 2.98. The zero-order valence-electron chi connectivity index (χ0n) is 16.7. The van der Waals surface area contributed by atoms with Gasteiger partial charge in [0.05, 0.1) is 10.6 Å². The second-order valence-corrected chi connectivity index (χ2v) is 7.57. The Morgan fingerprint density at radius 1 is 1.18 bits per heavy atom. The maximum absolute atomic E-state index is 13.9. The summed E-state index contributed by atoms with van der Waals surface area (Å²) in [6, 6.07) is 17.2. The van der Waals surface area contributed by atoms with Crippen molar-refractivity contribution in [3.63, 3.8) is 0 Å². The number of nitrogens with one attached hydrogen (secondary N) is 1. The lowest BCUT2D eigenvalue weighted by atomic mass is 10.2. The van der Waals surface area contributed by atoms with Crippen LogP contribution in [0.5, 0.6) is 0 Å². The molecule has 0 aliphatic rings. The van der Waals surface area contributed by atoms with E-state index in [4.69, 9.17) is 0 Å². The van der Waals surface area contributed by atoms with Crippen molar-refractivity contribution >= 4 is 34.1 Å². The van der Waals surface area contributed by atoms with Crippen molar-refractivity contribution in [2.75, 3.05) is 5.32 Å². The number of carbonyl (C=O) groups is 1. The average Bonchev–Trinajstić information content (AvgIpc) is 3.47. The summed E-state index contributed by atoms with van der Waals surface area (Å²) in [4.78, 5) is 23.2. The van der Waals surface area contributed by atoms with Crippen molar-refractivity contribution in [2.45, 2.75) is 0 Å². The number of rotatable bonds is 6. The van der Waals surface area contributed by atoms with Gasteiger partial charge in [-0.3, -0.25) is 20.2 Å². The first-order valence-corrected chi connectivity index (χ1v) is 10.2. The Labute approximate surface area is 190 Å². The number of nitro benzene ring substituents is 1. The van der Waals surface area contributed by atoms with E-state index >= 15 is 0 Å². The average molecular weight is 460 g/mol. The number of amides is 1. The predicted octanol–water partition coefficient (Wildman–Crippen LogP) is 4.59. The Kier molecular flexibility index (Phi) is 6.01. The minimum Gasteiger partial charge on any atom is -0.317 e. The van der Waals surface area contributed by atoms with Gasteiger partial charge in [-0.2, -0.15) is 5.26 Å². The number of hydrogen-bond donors (Lipinski definition) is 1. The third-order valence-electron chi connectivity index (χ3n) is 4.51. The van der Waals surface area contributed by atoms with Crippen molar-refractivity contribution in [2.24, 2.45) is 0 Å². The van der Waals surface area contributed by atoms with Crippen LogP contribution in [0.4, 0.5) is 15.2 Å². The molecular formula is C22H13FN6O3S. The lowest BCUT2D eigenvalue weighted by molar-refractivity contribution is -0.384. The highest BCUT2D eigenvalue weighted by Crippen LogP contribution is 2.28. The van der Waals surface area contributed by atoms with Gasteiger partial charge in [-0.1, -0.05) is 29.5 Å². The van der Waals surface area contributed by atoms with Gasteiger partial charge < -0.3 is 4.57 Å². The normalized spacial score (nSPS) is 11.1. The van der Waals surface area contributed by atoms with Crippen LogP contribution in [0.2, 0.25) is 0 Å². The Hall–Kier alpha value is -4.69. The minimum absolute atomic E-state index is 0.0868. The molecule has 11 heteroatoms. The molecule has 2 aromatic heterocycles. The SMILES string of the molecule is N#CC(=Cc1cccn1-c1cccc([N+](=O)[O-])c1)C(=O)Nc1nnc(-c2ccccc2F)s1. The Morgan fingerprint density at radius 3 is 2.76 bits per heavy atom. The van der Waals surface area contributed by atoms with Gasteiger partial charge in [0.25, 0.3) is 11.6 Å². The number of nitriles is 1. The molecule has 0 aliphatic carbocycles. The van der Waals surface area contributed by atoms with Crippen LogP contribution in [0.25, 0.3) is 22.3 Å². The molecule has 0 saturated carbocycles. The third kappa shape index (κ3) is 4.65. The van der Waals surface area contributed by atoms with Crippen LogP contribution < -0.4 is 5.32 Å². The molecule has 0 saturated heterocycles. The van der Waals surface area contributed by atoms with E-state index in [1.165, 1.54) is 24.3 Å². The Balaban J connectivity index is 1.58. The van der Waals surface area contributed by atoms with Crippen molar-refractivity contribution < 1.29 is 14.1 Å². The summed E-state index contributed by atoms with van der Waals surface area (Å²) in [5.74, 6) is -1.19. The second-order valence-electron chi connectivity index (χ2n) is 6.60. The molecule has 2 aromatic carbocycles. The summed E-state index contributed by atoms with van der Waals surface area (Å²) in [5.41, 5.74) is 0.906. The number of nitrogens with zero attached hydrogens (tertiary/aromatic N) is 5. The van der Waals surface area contributed by atoms with E-state index in [1.807, 2.05) is 6.07 Å². The molecule has 33 heavy (non-hydrogen) atoms. The standard InChI is InChI=1S/C22H13FN6O3S/c23-19-9-2-1-8-18(19)21-26-27-22(33-21)25-20(30)14(13-24)11-15-7-4-10-28(15)16-5-3-6-17(12-16)29(31)32/h1-12H,(H,25,27,30). The summed E-state index contributed by atoms with van der Waals surface area (Å²) in [7, 11) is 0. The van der Waals surface area contributed by atoms with Crippen molar-refractivity contribution in [3.05, 3.63) is 94.1 Å². The van der Waals surface area contributed by atoms with Gasteiger partial charge in [0.1, 0.15) is 17.5 Å². The number of aromatic nitrogens is 3. The molecule has 0 aliphatic heterocycles. The molecule has 0 spiro atoms. The zero-order valence-corrected chi connectivity index (χ0v) is 17.5. The number of carbonyl (C=O) groups excluding carboxylic acids is 1. The number of benzene rings is 2. The molecule has 1 N–H and O–H groups in total. The van der Waals surface area contributed by atoms with E-state index in [-0.39, 0.29) is 27.0 Å². The molecule has 0 unspecified atom stereocenters. The van der Waals surface area contributed by atoms with Crippen LogP contribution in [0, 0.1) is 27.3 Å². The molecular weight excluding hydrogens is 447 g/mol. The van der Waals surface area contributed by atoms with Gasteiger partial charge in [0.15, 0.2) is 5.01 Å². The van der Waals surface area contributed by atoms with E-state index in [1.54, 1.807) is 53.2 Å². The summed E-state index contributed by atoms with van der Waals surface area (Å²) in [6.07, 6.45) is 3.01. The molecule has 4 rings (SSSR count). The summed E-state index contributed by atoms with van der Waals surface area (Å²) < 4.78 is 15.6. The molecule has 162 valence electrons. The zero-order chi connectivity index (χ0) is 23.4. The molecule has 9 nitrogen and oxygen atoms in total. The van der Waals surface area contributed by atoms with Crippen molar-refractivity contribution in [1.29, 1.82) is 5.26 Å². The van der Waals surface area contributed by atoms with Gasteiger partial charge in [-0.15, -0.1) is 10.2 Å². The first kappa shape index (κ1) is 21.5. The van der Waals surface area contributed by atoms with Gasteiger partial charge >= 0.3 is 0 Å². The topological polar surface area (TPSA) is 127 Å². The first-order chi connectivity index (χ1) is 16.0. The quantitative estimate of drug-likeness (QED) is 0.194. The van der Waals surface area contributed by atoms with E-state index in [9.17, 15) is 24.6 Å². The van der Waals surface area contributed by atoms with E-state index in [0.717, 1.165) is 11.3 Å². The molecule has 0 fully saturated rings. The van der Waals surface area contributed by atoms with Gasteiger partial charge in [-0.05, 0) is 36.4 Å². The molecule has 1 amide bonds. The van der Waals surface area contributed by atoms with Gasteiger partial charge in [-0.25, -0.2) is 4.39 Å². The van der Waals surface area contributed by atoms with Crippen LogP contribution in [0.15, 0.2) is 72.4 Å². The molecule has 2 heterocycles. The maximum atomic E-state index is 13.9. The lowest BCUT2D eigenvalue weighted by Crippen LogP contribution is -2.13. The number of hydrogen-bond acceptors (Lipinski definition) is 7. The predicted molar refractivity (Wildman–Crippen MR) is 120 cm³/mol. The third-order valence-corrected chi connectivity index (χ3v) is 5.38. The number of halogens is 1. The highest BCUT2D eigenvalue weighted by atomic mass is 32.1. The summed E-state index contributed by atoms with van der Waals surface area (Å²) in [5, 5.41) is 31.2. The van der Waals surface area contributed by atoms with E-state index in [2.05, 4.69) is 15.5 Å². The second kappa shape index (κ2) is 9.21. The highest BCUT2D eigenvalue weighted by molar-refractivity contribution is 7.18. The van der Waals surface area contributed by atoms with Crippen LogP contribution in [-0.4, -0.2) is 25.6 Å². The van der Waals surface area contributed by atoms with Crippen LogP contribution >= 0.6 is 11.3 Å². The molecule has 0 radical (unpaired) electrons. The Morgan fingerprint density at radius 2 is 2.00 bits per heavy atom. The van der Waals surface area contributed by atoms with Crippen LogP contribution in [-0.2, 0) is 4.79 Å². The summed E-state index contributed by atoms with van der Waals surface area (Å²) in [6.45, 7) is 0. The summed E-state index contributed by atoms with van der Waals surface area (Å²) >= 11 is 0.969. The van der Waals surface area contributed by atoms with Crippen molar-refractivity contribution in [1.82, 2.24) is 14.8 Å². The molecule has 4 aromatic rings.